The van der Waals surface area contributed by atoms with Crippen molar-refractivity contribution >= 4 is 21.6 Å². The Bertz CT molecular complexity index is 1160. The molecule has 0 unspecified atom stereocenters. The molecule has 0 aromatic heterocycles. The molecule has 0 bridgehead atoms. The van der Waals surface area contributed by atoms with Gasteiger partial charge in [0.1, 0.15) is 0 Å². The van der Waals surface area contributed by atoms with Crippen LogP contribution in [-0.2, 0) is 14.8 Å². The van der Waals surface area contributed by atoms with Crippen LogP contribution in [0.3, 0.4) is 0 Å². The van der Waals surface area contributed by atoms with Gasteiger partial charge in [0.25, 0.3) is 0 Å². The van der Waals surface area contributed by atoms with Crippen LogP contribution in [0.15, 0.2) is 77.7 Å². The van der Waals surface area contributed by atoms with Gasteiger partial charge in [0.05, 0.1) is 25.7 Å². The monoisotopic (exact) mass is 440 g/mol. The molecule has 0 saturated heterocycles. The fourth-order valence-electron chi connectivity index (χ4n) is 3.10. The molecule has 0 aliphatic rings. The number of nitrogens with one attached hydrogen (secondary N) is 1. The molecule has 3 rings (SSSR count). The molecule has 3 aromatic rings. The van der Waals surface area contributed by atoms with Crippen molar-refractivity contribution in [1.82, 2.24) is 4.31 Å². The number of rotatable bonds is 8. The zero-order valence-corrected chi connectivity index (χ0v) is 18.3. The number of methoxy groups -OCH3 is 2. The fourth-order valence-corrected chi connectivity index (χ4v) is 4.24. The second-order valence-corrected chi connectivity index (χ2v) is 8.78. The van der Waals surface area contributed by atoms with Gasteiger partial charge in [0.2, 0.25) is 15.9 Å². The molecule has 1 N–H and O–H groups in total. The summed E-state index contributed by atoms with van der Waals surface area (Å²) >= 11 is 0. The molecule has 1 amide bonds. The van der Waals surface area contributed by atoms with Gasteiger partial charge in [-0.25, -0.2) is 8.42 Å². The number of likely N-dealkylation sites (N-methyl/N-ethyl adjacent to an activating group) is 1. The van der Waals surface area contributed by atoms with Crippen molar-refractivity contribution in [2.75, 3.05) is 33.1 Å². The van der Waals surface area contributed by atoms with Gasteiger partial charge in [-0.1, -0.05) is 48.5 Å². The quantitative estimate of drug-likeness (QED) is 0.578. The molecule has 0 heterocycles. The minimum Gasteiger partial charge on any atom is -0.493 e. The maximum absolute atomic E-state index is 12.9. The topological polar surface area (TPSA) is 84.9 Å². The summed E-state index contributed by atoms with van der Waals surface area (Å²) in [4.78, 5) is 12.7. The van der Waals surface area contributed by atoms with Gasteiger partial charge in [0.15, 0.2) is 11.5 Å². The summed E-state index contributed by atoms with van der Waals surface area (Å²) < 4.78 is 37.2. The summed E-state index contributed by atoms with van der Waals surface area (Å²) in [5, 5.41) is 2.81. The van der Waals surface area contributed by atoms with Crippen LogP contribution >= 0.6 is 0 Å². The van der Waals surface area contributed by atoms with Crippen molar-refractivity contribution in [2.24, 2.45) is 0 Å². The first-order chi connectivity index (χ1) is 14.9. The van der Waals surface area contributed by atoms with Crippen molar-refractivity contribution in [3.63, 3.8) is 0 Å². The predicted octanol–water partition coefficient (Wildman–Crippen LogP) is 3.63. The molecule has 0 aliphatic heterocycles. The highest BCUT2D eigenvalue weighted by Crippen LogP contribution is 2.31. The summed E-state index contributed by atoms with van der Waals surface area (Å²) in [6.45, 7) is -0.347. The van der Waals surface area contributed by atoms with E-state index in [9.17, 15) is 13.2 Å². The van der Waals surface area contributed by atoms with E-state index in [1.54, 1.807) is 6.07 Å². The van der Waals surface area contributed by atoms with Crippen molar-refractivity contribution in [3.05, 3.63) is 72.8 Å². The Morgan fingerprint density at radius 3 is 2.23 bits per heavy atom. The number of sulfonamides is 1. The van der Waals surface area contributed by atoms with E-state index in [4.69, 9.17) is 9.47 Å². The van der Waals surface area contributed by atoms with Gasteiger partial charge >= 0.3 is 0 Å². The van der Waals surface area contributed by atoms with Gasteiger partial charge in [-0.2, -0.15) is 4.31 Å². The highest BCUT2D eigenvalue weighted by Gasteiger charge is 2.24. The summed E-state index contributed by atoms with van der Waals surface area (Å²) in [5.41, 5.74) is 2.40. The van der Waals surface area contributed by atoms with Crippen LogP contribution in [0.1, 0.15) is 0 Å². The SMILES string of the molecule is COc1ccc(S(=O)(=O)N(C)CC(=O)Nc2ccccc2-c2ccccc2)cc1OC. The zero-order chi connectivity index (χ0) is 22.4. The molecule has 0 fully saturated rings. The van der Waals surface area contributed by atoms with Crippen LogP contribution in [0.25, 0.3) is 11.1 Å². The second-order valence-electron chi connectivity index (χ2n) is 6.74. The lowest BCUT2D eigenvalue weighted by atomic mass is 10.0. The molecule has 0 aliphatic carbocycles. The van der Waals surface area contributed by atoms with Crippen molar-refractivity contribution in [3.8, 4) is 22.6 Å². The molecule has 7 nitrogen and oxygen atoms in total. The predicted molar refractivity (Wildman–Crippen MR) is 120 cm³/mol. The molecule has 0 radical (unpaired) electrons. The summed E-state index contributed by atoms with van der Waals surface area (Å²) in [6, 6.07) is 21.3. The lowest BCUT2D eigenvalue weighted by molar-refractivity contribution is -0.116. The van der Waals surface area contributed by atoms with Crippen molar-refractivity contribution in [2.45, 2.75) is 4.90 Å². The van der Waals surface area contributed by atoms with Gasteiger partial charge in [-0.15, -0.1) is 0 Å². The van der Waals surface area contributed by atoms with Gasteiger partial charge in [0, 0.05) is 24.4 Å². The van der Waals surface area contributed by atoms with E-state index in [0.29, 0.717) is 17.2 Å². The number of hydrogen-bond donors (Lipinski definition) is 1. The largest absolute Gasteiger partial charge is 0.493 e. The Labute approximate surface area is 182 Å². The Kier molecular flexibility index (Phi) is 6.94. The summed E-state index contributed by atoms with van der Waals surface area (Å²) in [5.74, 6) is 0.257. The third-order valence-corrected chi connectivity index (χ3v) is 6.51. The van der Waals surface area contributed by atoms with E-state index >= 15 is 0 Å². The maximum Gasteiger partial charge on any atom is 0.243 e. The number of hydrogen-bond acceptors (Lipinski definition) is 5. The van der Waals surface area contributed by atoms with Crippen LogP contribution < -0.4 is 14.8 Å². The van der Waals surface area contributed by atoms with Crippen LogP contribution in [0.5, 0.6) is 11.5 Å². The first-order valence-electron chi connectivity index (χ1n) is 9.49. The smallest absolute Gasteiger partial charge is 0.243 e. The van der Waals surface area contributed by atoms with Crippen molar-refractivity contribution < 1.29 is 22.7 Å². The molecule has 0 spiro atoms. The first-order valence-corrected chi connectivity index (χ1v) is 10.9. The average molecular weight is 441 g/mol. The third-order valence-electron chi connectivity index (χ3n) is 4.72. The lowest BCUT2D eigenvalue weighted by Gasteiger charge is -2.18. The van der Waals surface area contributed by atoms with E-state index < -0.39 is 15.9 Å². The Morgan fingerprint density at radius 1 is 0.903 bits per heavy atom. The number of benzene rings is 3. The highest BCUT2D eigenvalue weighted by atomic mass is 32.2. The molecule has 0 atom stereocenters. The molecule has 0 saturated carbocycles. The van der Waals surface area contributed by atoms with E-state index in [-0.39, 0.29) is 11.4 Å². The fraction of sp³-hybridized carbons (Fsp3) is 0.174. The molecule has 162 valence electrons. The van der Waals surface area contributed by atoms with Crippen LogP contribution in [0, 0.1) is 0 Å². The van der Waals surface area contributed by atoms with Crippen molar-refractivity contribution in [1.29, 1.82) is 0 Å². The number of anilines is 1. The third kappa shape index (κ3) is 5.04. The van der Waals surface area contributed by atoms with Gasteiger partial charge in [-0.05, 0) is 23.8 Å². The Balaban J connectivity index is 1.77. The summed E-state index contributed by atoms with van der Waals surface area (Å²) in [6.07, 6.45) is 0. The normalized spacial score (nSPS) is 11.2. The number of para-hydroxylation sites is 1. The number of amides is 1. The minimum atomic E-state index is -3.91. The van der Waals surface area contributed by atoms with E-state index in [0.717, 1.165) is 15.4 Å². The van der Waals surface area contributed by atoms with E-state index in [2.05, 4.69) is 5.32 Å². The average Bonchev–Trinajstić information content (AvgIpc) is 2.79. The molecular weight excluding hydrogens is 416 g/mol. The lowest BCUT2D eigenvalue weighted by Crippen LogP contribution is -2.35. The van der Waals surface area contributed by atoms with Crippen LogP contribution in [-0.4, -0.2) is 46.4 Å². The number of carbonyl (C=O) groups excluding carboxylic acids is 1. The van der Waals surface area contributed by atoms with Gasteiger partial charge in [-0.3, -0.25) is 4.79 Å². The first kappa shape index (κ1) is 22.3. The molecular formula is C23H24N2O5S. The molecule has 31 heavy (non-hydrogen) atoms. The Morgan fingerprint density at radius 2 is 1.55 bits per heavy atom. The van der Waals surface area contributed by atoms with Crippen LogP contribution in [0.4, 0.5) is 5.69 Å². The van der Waals surface area contributed by atoms with E-state index in [1.165, 1.54) is 39.5 Å². The Hall–Kier alpha value is -3.36. The molecule has 8 heteroatoms. The van der Waals surface area contributed by atoms with Crippen LogP contribution in [0.2, 0.25) is 0 Å². The number of nitrogens with zero attached hydrogens (tertiary/aromatic N) is 1. The highest BCUT2D eigenvalue weighted by molar-refractivity contribution is 7.89. The standard InChI is InChI=1S/C23H24N2O5S/c1-25(31(27,28)18-13-14-21(29-2)22(15-18)30-3)16-23(26)24-20-12-8-7-11-19(20)17-9-5-4-6-10-17/h4-15H,16H2,1-3H3,(H,24,26). The van der Waals surface area contributed by atoms with Gasteiger partial charge < -0.3 is 14.8 Å². The minimum absolute atomic E-state index is 0.00476. The van der Waals surface area contributed by atoms with E-state index in [1.807, 2.05) is 48.5 Å². The maximum atomic E-state index is 12.9. The number of carbonyl (C=O) groups is 1. The number of ether oxygens (including phenoxy) is 2. The molecule has 3 aromatic carbocycles. The second kappa shape index (κ2) is 9.63. The zero-order valence-electron chi connectivity index (χ0n) is 17.5. The summed E-state index contributed by atoms with van der Waals surface area (Å²) in [7, 11) is 0.341.